The number of fused-ring (bicyclic) bond motifs is 14. The average Bonchev–Trinajstić information content (AvgIpc) is 3.95. The van der Waals surface area contributed by atoms with Crippen LogP contribution in [0.3, 0.4) is 0 Å². The molecule has 5 atom stereocenters. The largest absolute Gasteiger partial charge is 0.310 e. The third-order valence-corrected chi connectivity index (χ3v) is 15.2. The lowest BCUT2D eigenvalue weighted by atomic mass is 9.54. The van der Waals surface area contributed by atoms with Gasteiger partial charge in [0.2, 0.25) is 0 Å². The van der Waals surface area contributed by atoms with Gasteiger partial charge in [0.15, 0.2) is 0 Å². The highest BCUT2D eigenvalue weighted by Crippen LogP contribution is 2.70. The second-order valence-electron chi connectivity index (χ2n) is 17.1. The molecule has 12 rings (SSSR count). The molecular weight excluding hydrogens is 627 g/mol. The number of hydrogen-bond donors (Lipinski definition) is 0. The Bertz CT molecular complexity index is 2390. The molecule has 6 aromatic carbocycles. The van der Waals surface area contributed by atoms with E-state index in [1.165, 1.54) is 114 Å². The van der Waals surface area contributed by atoms with Gasteiger partial charge in [-0.25, -0.2) is 0 Å². The van der Waals surface area contributed by atoms with Crippen LogP contribution in [0, 0.1) is 23.7 Å². The lowest BCUT2D eigenvalue weighted by Crippen LogP contribution is -2.45. The van der Waals surface area contributed by atoms with Crippen LogP contribution in [-0.4, -0.2) is 0 Å². The van der Waals surface area contributed by atoms with Gasteiger partial charge in [-0.3, -0.25) is 0 Å². The molecule has 5 unspecified atom stereocenters. The van der Waals surface area contributed by atoms with E-state index in [0.717, 1.165) is 23.7 Å². The predicted octanol–water partition coefficient (Wildman–Crippen LogP) is 13.4. The smallest absolute Gasteiger partial charge is 0.0540 e. The minimum atomic E-state index is 0.121. The topological polar surface area (TPSA) is 3.24 Å². The molecule has 1 nitrogen and oxygen atoms in total. The highest BCUT2D eigenvalue weighted by atomic mass is 15.1. The highest BCUT2D eigenvalue weighted by Gasteiger charge is 2.62. The first kappa shape index (κ1) is 29.7. The van der Waals surface area contributed by atoms with Gasteiger partial charge < -0.3 is 4.90 Å². The first-order chi connectivity index (χ1) is 25.7. The Morgan fingerprint density at radius 2 is 1.02 bits per heavy atom. The van der Waals surface area contributed by atoms with Gasteiger partial charge in [0.05, 0.1) is 5.69 Å². The molecule has 6 aliphatic rings. The third-order valence-electron chi connectivity index (χ3n) is 15.2. The van der Waals surface area contributed by atoms with Crippen LogP contribution in [0.1, 0.15) is 80.0 Å². The molecule has 0 aliphatic heterocycles. The summed E-state index contributed by atoms with van der Waals surface area (Å²) in [5.41, 5.74) is 18.8. The molecule has 0 amide bonds. The van der Waals surface area contributed by atoms with Crippen molar-refractivity contribution in [2.45, 2.75) is 68.6 Å². The molecule has 2 spiro atoms. The molecule has 0 saturated heterocycles. The maximum Gasteiger partial charge on any atom is 0.0540 e. The van der Waals surface area contributed by atoms with E-state index in [0.29, 0.717) is 0 Å². The van der Waals surface area contributed by atoms with E-state index in [2.05, 4.69) is 144 Å². The minimum absolute atomic E-state index is 0.121. The maximum absolute atomic E-state index is 2.68. The van der Waals surface area contributed by atoms with E-state index in [1.807, 2.05) is 0 Å². The molecule has 3 bridgehead atoms. The molecule has 0 radical (unpaired) electrons. The summed E-state index contributed by atoms with van der Waals surface area (Å²) >= 11 is 0. The van der Waals surface area contributed by atoms with Gasteiger partial charge in [-0.1, -0.05) is 122 Å². The second kappa shape index (κ2) is 10.8. The van der Waals surface area contributed by atoms with Crippen LogP contribution in [0.15, 0.2) is 140 Å². The summed E-state index contributed by atoms with van der Waals surface area (Å²) in [5.74, 6) is 3.36. The fourth-order valence-corrected chi connectivity index (χ4v) is 13.3. The Hall–Kier alpha value is -4.88. The SMILES string of the molecule is c1ccc(-c2ccccc2N(c2ccc3c(c2)C2(CCCC2)c2ccccc2-3)c2ccc3c(c2)C2(c4ccccc4-3)C3CCC4CC2CC4C3)cc1. The van der Waals surface area contributed by atoms with Crippen molar-refractivity contribution in [1.29, 1.82) is 0 Å². The molecule has 6 aliphatic carbocycles. The minimum Gasteiger partial charge on any atom is -0.310 e. The van der Waals surface area contributed by atoms with Gasteiger partial charge in [0.1, 0.15) is 0 Å². The van der Waals surface area contributed by atoms with Gasteiger partial charge in [0, 0.05) is 27.8 Å². The fourth-order valence-electron chi connectivity index (χ4n) is 13.3. The average molecular weight is 672 g/mol. The summed E-state index contributed by atoms with van der Waals surface area (Å²) in [4.78, 5) is 2.63. The normalized spacial score (nSPS) is 26.4. The summed E-state index contributed by atoms with van der Waals surface area (Å²) in [6.07, 6.45) is 12.1. The van der Waals surface area contributed by atoms with Crippen molar-refractivity contribution in [3.8, 4) is 33.4 Å². The van der Waals surface area contributed by atoms with Crippen LogP contribution in [0.4, 0.5) is 17.1 Å². The van der Waals surface area contributed by atoms with Crippen LogP contribution in [0.25, 0.3) is 33.4 Å². The summed E-state index contributed by atoms with van der Waals surface area (Å²) in [6.45, 7) is 0. The third kappa shape index (κ3) is 3.80. The molecule has 1 heteroatoms. The zero-order chi connectivity index (χ0) is 34.0. The molecule has 0 aromatic heterocycles. The maximum atomic E-state index is 2.68. The van der Waals surface area contributed by atoms with Gasteiger partial charge in [0.25, 0.3) is 0 Å². The molecule has 4 saturated carbocycles. The first-order valence-corrected chi connectivity index (χ1v) is 20.2. The van der Waals surface area contributed by atoms with Crippen LogP contribution in [-0.2, 0) is 10.8 Å². The summed E-state index contributed by atoms with van der Waals surface area (Å²) < 4.78 is 0. The van der Waals surface area contributed by atoms with Crippen LogP contribution < -0.4 is 4.90 Å². The molecule has 52 heavy (non-hydrogen) atoms. The highest BCUT2D eigenvalue weighted by molar-refractivity contribution is 5.92. The monoisotopic (exact) mass is 671 g/mol. The van der Waals surface area contributed by atoms with E-state index in [9.17, 15) is 0 Å². The number of hydrogen-bond acceptors (Lipinski definition) is 1. The van der Waals surface area contributed by atoms with Crippen molar-refractivity contribution < 1.29 is 0 Å². The number of para-hydroxylation sites is 1. The zero-order valence-electron chi connectivity index (χ0n) is 29.9. The standard InChI is InChI=1S/C51H45N/c1-2-12-33(13-3-1)40-14-6-9-19-49(40)52(38-22-24-43-41-15-4-7-17-45(41)50(47(43)31-38)26-10-11-27-50)39-23-25-44-42-16-5-8-18-46(42)51(48(44)32-39)36-21-20-34-28-37(51)30-35(34)29-36/h1-9,12-19,22-25,31-32,34-37H,10-11,20-21,26-30H2. The fraction of sp³-hybridized carbons (Fsp3) is 0.294. The summed E-state index contributed by atoms with van der Waals surface area (Å²) in [6, 6.07) is 54.1. The summed E-state index contributed by atoms with van der Waals surface area (Å²) in [5, 5.41) is 0. The Morgan fingerprint density at radius 1 is 0.442 bits per heavy atom. The molecular formula is C51H45N. The van der Waals surface area contributed by atoms with Crippen molar-refractivity contribution in [2.75, 3.05) is 4.90 Å². The molecule has 0 heterocycles. The molecule has 0 N–H and O–H groups in total. The molecule has 254 valence electrons. The zero-order valence-corrected chi connectivity index (χ0v) is 29.9. The Balaban J connectivity index is 1.10. The first-order valence-electron chi connectivity index (χ1n) is 20.2. The lowest BCUT2D eigenvalue weighted by Gasteiger charge is -2.49. The van der Waals surface area contributed by atoms with E-state index >= 15 is 0 Å². The van der Waals surface area contributed by atoms with Gasteiger partial charge in [-0.2, -0.15) is 0 Å². The Kier molecular flexibility index (Phi) is 6.18. The van der Waals surface area contributed by atoms with Gasteiger partial charge >= 0.3 is 0 Å². The van der Waals surface area contributed by atoms with Crippen LogP contribution in [0.5, 0.6) is 0 Å². The number of rotatable bonds is 4. The van der Waals surface area contributed by atoms with E-state index in [-0.39, 0.29) is 10.8 Å². The van der Waals surface area contributed by atoms with Crippen molar-refractivity contribution in [1.82, 2.24) is 0 Å². The van der Waals surface area contributed by atoms with Crippen molar-refractivity contribution in [3.63, 3.8) is 0 Å². The van der Waals surface area contributed by atoms with Gasteiger partial charge in [-0.15, -0.1) is 0 Å². The number of anilines is 3. The second-order valence-corrected chi connectivity index (χ2v) is 17.1. The van der Waals surface area contributed by atoms with Crippen molar-refractivity contribution >= 4 is 17.1 Å². The van der Waals surface area contributed by atoms with Gasteiger partial charge in [-0.05, 0) is 149 Å². The number of nitrogens with zero attached hydrogens (tertiary/aromatic N) is 1. The van der Waals surface area contributed by atoms with E-state index in [4.69, 9.17) is 0 Å². The van der Waals surface area contributed by atoms with Crippen molar-refractivity contribution in [3.05, 3.63) is 162 Å². The Labute approximate surface area is 308 Å². The summed E-state index contributed by atoms with van der Waals surface area (Å²) in [7, 11) is 0. The Morgan fingerprint density at radius 3 is 1.81 bits per heavy atom. The van der Waals surface area contributed by atoms with E-state index < -0.39 is 0 Å². The van der Waals surface area contributed by atoms with Crippen molar-refractivity contribution in [2.24, 2.45) is 23.7 Å². The van der Waals surface area contributed by atoms with Crippen LogP contribution >= 0.6 is 0 Å². The predicted molar refractivity (Wildman–Crippen MR) is 215 cm³/mol. The molecule has 6 aromatic rings. The quantitative estimate of drug-likeness (QED) is 0.180. The van der Waals surface area contributed by atoms with Crippen LogP contribution in [0.2, 0.25) is 0 Å². The van der Waals surface area contributed by atoms with E-state index in [1.54, 1.807) is 16.7 Å². The number of benzene rings is 6. The molecule has 4 fully saturated rings. The lowest BCUT2D eigenvalue weighted by molar-refractivity contribution is 0.106.